The van der Waals surface area contributed by atoms with Crippen LogP contribution in [-0.4, -0.2) is 12.7 Å². The highest BCUT2D eigenvalue weighted by Gasteiger charge is 2.21. The summed E-state index contributed by atoms with van der Waals surface area (Å²) in [7, 11) is 0. The Labute approximate surface area is 161 Å². The summed E-state index contributed by atoms with van der Waals surface area (Å²) in [5.74, 6) is 0.752. The highest BCUT2D eigenvalue weighted by molar-refractivity contribution is 6.33. The van der Waals surface area contributed by atoms with Gasteiger partial charge in [0.05, 0.1) is 16.3 Å². The van der Waals surface area contributed by atoms with E-state index >= 15 is 0 Å². The molecule has 0 aromatic heterocycles. The SMILES string of the molecule is O=C(Nc1ccc(NCc2ccccc2)c(Cl)c1)c1cccc2c1OCO2. The molecule has 5 nitrogen and oxygen atoms in total. The molecule has 2 N–H and O–H groups in total. The van der Waals surface area contributed by atoms with Crippen LogP contribution in [0.5, 0.6) is 11.5 Å². The number of nitrogens with one attached hydrogen (secondary N) is 2. The minimum Gasteiger partial charge on any atom is -0.454 e. The Balaban J connectivity index is 1.45. The molecule has 1 aliphatic heterocycles. The van der Waals surface area contributed by atoms with Gasteiger partial charge in [0.2, 0.25) is 6.79 Å². The lowest BCUT2D eigenvalue weighted by molar-refractivity contribution is 0.102. The average Bonchev–Trinajstić information content (AvgIpc) is 3.17. The Bertz CT molecular complexity index is 976. The van der Waals surface area contributed by atoms with Crippen molar-refractivity contribution in [1.82, 2.24) is 0 Å². The third-order valence-corrected chi connectivity index (χ3v) is 4.51. The van der Waals surface area contributed by atoms with Crippen molar-refractivity contribution in [3.8, 4) is 11.5 Å². The van der Waals surface area contributed by atoms with Gasteiger partial charge in [-0.15, -0.1) is 0 Å². The summed E-state index contributed by atoms with van der Waals surface area (Å²) in [4.78, 5) is 12.6. The zero-order valence-corrected chi connectivity index (χ0v) is 15.1. The molecule has 0 saturated carbocycles. The molecule has 0 radical (unpaired) electrons. The van der Waals surface area contributed by atoms with Gasteiger partial charge in [-0.2, -0.15) is 0 Å². The monoisotopic (exact) mass is 380 g/mol. The maximum absolute atomic E-state index is 12.6. The van der Waals surface area contributed by atoms with Crippen LogP contribution in [0.25, 0.3) is 0 Å². The van der Waals surface area contributed by atoms with Crippen molar-refractivity contribution in [1.29, 1.82) is 0 Å². The number of hydrogen-bond acceptors (Lipinski definition) is 4. The predicted octanol–water partition coefficient (Wildman–Crippen LogP) is 4.93. The van der Waals surface area contributed by atoms with Crippen LogP contribution in [0.3, 0.4) is 0 Å². The van der Waals surface area contributed by atoms with Gasteiger partial charge in [-0.05, 0) is 35.9 Å². The summed E-state index contributed by atoms with van der Waals surface area (Å²) in [6.45, 7) is 0.785. The summed E-state index contributed by atoms with van der Waals surface area (Å²) < 4.78 is 10.7. The van der Waals surface area contributed by atoms with E-state index in [1.54, 1.807) is 30.3 Å². The van der Waals surface area contributed by atoms with E-state index in [1.165, 1.54) is 0 Å². The first-order valence-electron chi connectivity index (χ1n) is 8.48. The lowest BCUT2D eigenvalue weighted by Gasteiger charge is -2.12. The number of para-hydroxylation sites is 1. The molecule has 0 bridgehead atoms. The predicted molar refractivity (Wildman–Crippen MR) is 106 cm³/mol. The molecule has 3 aromatic carbocycles. The Hall–Kier alpha value is -3.18. The maximum Gasteiger partial charge on any atom is 0.259 e. The van der Waals surface area contributed by atoms with Crippen LogP contribution in [0.4, 0.5) is 11.4 Å². The summed E-state index contributed by atoms with van der Waals surface area (Å²) in [6, 6.07) is 20.6. The van der Waals surface area contributed by atoms with E-state index in [4.69, 9.17) is 21.1 Å². The van der Waals surface area contributed by atoms with E-state index in [0.717, 1.165) is 11.3 Å². The zero-order valence-electron chi connectivity index (χ0n) is 14.4. The first-order valence-corrected chi connectivity index (χ1v) is 8.86. The number of halogens is 1. The fourth-order valence-electron chi connectivity index (χ4n) is 2.84. The summed E-state index contributed by atoms with van der Waals surface area (Å²) >= 11 is 6.36. The molecule has 0 atom stereocenters. The fourth-order valence-corrected chi connectivity index (χ4v) is 3.08. The van der Waals surface area contributed by atoms with Gasteiger partial charge in [-0.25, -0.2) is 0 Å². The second-order valence-electron chi connectivity index (χ2n) is 6.03. The molecule has 0 saturated heterocycles. The fraction of sp³-hybridized carbons (Fsp3) is 0.0952. The van der Waals surface area contributed by atoms with Gasteiger partial charge in [0.15, 0.2) is 11.5 Å². The number of hydrogen-bond donors (Lipinski definition) is 2. The summed E-state index contributed by atoms with van der Waals surface area (Å²) in [5, 5.41) is 6.67. The lowest BCUT2D eigenvalue weighted by atomic mass is 10.1. The van der Waals surface area contributed by atoms with Crippen molar-refractivity contribution in [2.45, 2.75) is 6.54 Å². The third kappa shape index (κ3) is 3.83. The molecule has 3 aromatic rings. The van der Waals surface area contributed by atoms with Crippen molar-refractivity contribution in [2.24, 2.45) is 0 Å². The van der Waals surface area contributed by atoms with Gasteiger partial charge in [-0.3, -0.25) is 4.79 Å². The van der Waals surface area contributed by atoms with Crippen LogP contribution in [0, 0.1) is 0 Å². The number of ether oxygens (including phenoxy) is 2. The topological polar surface area (TPSA) is 59.6 Å². The van der Waals surface area contributed by atoms with Crippen LogP contribution >= 0.6 is 11.6 Å². The number of anilines is 2. The molecule has 136 valence electrons. The second-order valence-corrected chi connectivity index (χ2v) is 6.43. The molecular weight excluding hydrogens is 364 g/mol. The van der Waals surface area contributed by atoms with E-state index < -0.39 is 0 Å². The number of fused-ring (bicyclic) bond motifs is 1. The van der Waals surface area contributed by atoms with E-state index in [-0.39, 0.29) is 12.7 Å². The molecule has 27 heavy (non-hydrogen) atoms. The van der Waals surface area contributed by atoms with Gasteiger partial charge in [0.25, 0.3) is 5.91 Å². The van der Waals surface area contributed by atoms with Gasteiger partial charge in [-0.1, -0.05) is 48.0 Å². The Morgan fingerprint density at radius 1 is 1.00 bits per heavy atom. The Kier molecular flexibility index (Phi) is 4.85. The van der Waals surface area contributed by atoms with E-state index in [1.807, 2.05) is 36.4 Å². The van der Waals surface area contributed by atoms with Crippen LogP contribution in [0.15, 0.2) is 66.7 Å². The quantitative estimate of drug-likeness (QED) is 0.658. The minimum atomic E-state index is -0.279. The summed E-state index contributed by atoms with van der Waals surface area (Å²) in [6.07, 6.45) is 0. The van der Waals surface area contributed by atoms with Crippen LogP contribution in [0.2, 0.25) is 5.02 Å². The highest BCUT2D eigenvalue weighted by atomic mass is 35.5. The Morgan fingerprint density at radius 3 is 2.67 bits per heavy atom. The standard InChI is InChI=1S/C21H17ClN2O3/c22-17-11-15(9-10-18(17)23-12-14-5-2-1-3-6-14)24-21(25)16-7-4-8-19-20(16)27-13-26-19/h1-11,23H,12-13H2,(H,24,25). The first kappa shape index (κ1) is 17.2. The number of rotatable bonds is 5. The molecule has 0 aliphatic carbocycles. The van der Waals surface area contributed by atoms with Crippen LogP contribution in [-0.2, 0) is 6.54 Å². The molecule has 1 aliphatic rings. The number of carbonyl (C=O) groups is 1. The van der Waals surface area contributed by atoms with Crippen molar-refractivity contribution in [2.75, 3.05) is 17.4 Å². The smallest absolute Gasteiger partial charge is 0.259 e. The molecule has 1 heterocycles. The van der Waals surface area contributed by atoms with E-state index in [9.17, 15) is 4.79 Å². The lowest BCUT2D eigenvalue weighted by Crippen LogP contribution is -2.13. The molecule has 0 fully saturated rings. The third-order valence-electron chi connectivity index (χ3n) is 4.19. The molecule has 6 heteroatoms. The van der Waals surface area contributed by atoms with Crippen molar-refractivity contribution >= 4 is 28.9 Å². The average molecular weight is 381 g/mol. The largest absolute Gasteiger partial charge is 0.454 e. The van der Waals surface area contributed by atoms with Crippen LogP contribution < -0.4 is 20.1 Å². The van der Waals surface area contributed by atoms with Gasteiger partial charge < -0.3 is 20.1 Å². The second kappa shape index (κ2) is 7.60. The van der Waals surface area contributed by atoms with E-state index in [2.05, 4.69) is 10.6 Å². The summed E-state index contributed by atoms with van der Waals surface area (Å²) in [5.41, 5.74) is 2.99. The molecule has 1 amide bonds. The molecule has 4 rings (SSSR count). The van der Waals surface area contributed by atoms with Crippen molar-refractivity contribution in [3.63, 3.8) is 0 Å². The molecule has 0 spiro atoms. The van der Waals surface area contributed by atoms with Gasteiger partial charge >= 0.3 is 0 Å². The number of benzene rings is 3. The van der Waals surface area contributed by atoms with Gasteiger partial charge in [0.1, 0.15) is 0 Å². The first-order chi connectivity index (χ1) is 13.2. The van der Waals surface area contributed by atoms with Crippen molar-refractivity contribution < 1.29 is 14.3 Å². The normalized spacial score (nSPS) is 11.9. The number of carbonyl (C=O) groups excluding carboxylic acids is 1. The minimum absolute atomic E-state index is 0.118. The molecular formula is C21H17ClN2O3. The maximum atomic E-state index is 12.6. The highest BCUT2D eigenvalue weighted by Crippen LogP contribution is 2.36. The van der Waals surface area contributed by atoms with Crippen molar-refractivity contribution in [3.05, 3.63) is 82.9 Å². The number of amides is 1. The zero-order chi connectivity index (χ0) is 18.6. The Morgan fingerprint density at radius 2 is 1.85 bits per heavy atom. The van der Waals surface area contributed by atoms with E-state index in [0.29, 0.717) is 34.3 Å². The van der Waals surface area contributed by atoms with Gasteiger partial charge in [0, 0.05) is 12.2 Å². The van der Waals surface area contributed by atoms with Crippen LogP contribution in [0.1, 0.15) is 15.9 Å². The molecule has 0 unspecified atom stereocenters.